The van der Waals surface area contributed by atoms with Gasteiger partial charge in [-0.3, -0.25) is 0 Å². The van der Waals surface area contributed by atoms with Gasteiger partial charge in [0, 0.05) is 12.0 Å². The van der Waals surface area contributed by atoms with Crippen LogP contribution in [0.3, 0.4) is 0 Å². The zero-order valence-electron chi connectivity index (χ0n) is 9.23. The first kappa shape index (κ1) is 12.0. The summed E-state index contributed by atoms with van der Waals surface area (Å²) in [4.78, 5) is 0. The Morgan fingerprint density at radius 3 is 2.53 bits per heavy atom. The van der Waals surface area contributed by atoms with Crippen LogP contribution in [0.5, 0.6) is 5.75 Å². The van der Waals surface area contributed by atoms with Crippen molar-refractivity contribution in [1.29, 1.82) is 0 Å². The lowest BCUT2D eigenvalue weighted by Crippen LogP contribution is -2.22. The van der Waals surface area contributed by atoms with Gasteiger partial charge in [-0.15, -0.1) is 0 Å². The average molecular weight is 210 g/mol. The van der Waals surface area contributed by atoms with E-state index in [9.17, 15) is 5.11 Å². The fraction of sp³-hybridized carbons (Fsp3) is 0.500. The third kappa shape index (κ3) is 4.32. The molecule has 15 heavy (non-hydrogen) atoms. The summed E-state index contributed by atoms with van der Waals surface area (Å²) in [5.41, 5.74) is 0.0574. The van der Waals surface area contributed by atoms with Gasteiger partial charge in [0.15, 0.2) is 0 Å². The predicted molar refractivity (Wildman–Crippen MR) is 58.8 cm³/mol. The molecule has 1 aromatic rings. The van der Waals surface area contributed by atoms with Crippen LogP contribution in [0.2, 0.25) is 0 Å². The van der Waals surface area contributed by atoms with E-state index in [4.69, 9.17) is 9.84 Å². The maximum atomic E-state index is 9.49. The summed E-state index contributed by atoms with van der Waals surface area (Å²) >= 11 is 0. The van der Waals surface area contributed by atoms with E-state index in [0.717, 1.165) is 5.56 Å². The van der Waals surface area contributed by atoms with Crippen molar-refractivity contribution in [2.24, 2.45) is 0 Å². The monoisotopic (exact) mass is 210 g/mol. The van der Waals surface area contributed by atoms with Crippen molar-refractivity contribution in [3.8, 4) is 5.75 Å². The number of aliphatic hydroxyl groups is 2. The number of rotatable bonds is 5. The second-order valence-electron chi connectivity index (χ2n) is 4.18. The zero-order valence-corrected chi connectivity index (χ0v) is 9.23. The molecule has 0 bridgehead atoms. The van der Waals surface area contributed by atoms with Crippen LogP contribution in [0, 0.1) is 0 Å². The Balaban J connectivity index is 2.50. The smallest absolute Gasteiger partial charge is 0.124 e. The largest absolute Gasteiger partial charge is 0.493 e. The molecule has 0 unspecified atom stereocenters. The number of aliphatic hydroxyl groups excluding tert-OH is 1. The second kappa shape index (κ2) is 5.14. The molecular formula is C12H18O3. The fourth-order valence-electron chi connectivity index (χ4n) is 1.19. The van der Waals surface area contributed by atoms with Gasteiger partial charge in [0.25, 0.3) is 0 Å². The Morgan fingerprint density at radius 1 is 1.27 bits per heavy atom. The molecule has 0 amide bonds. The highest BCUT2D eigenvalue weighted by molar-refractivity contribution is 5.32. The molecule has 2 N–H and O–H groups in total. The fourth-order valence-corrected chi connectivity index (χ4v) is 1.19. The first-order valence-corrected chi connectivity index (χ1v) is 5.07. The SMILES string of the molecule is CC(C)(O)CCOc1ccccc1CO. The Bertz CT molecular complexity index is 302. The maximum absolute atomic E-state index is 9.49. The summed E-state index contributed by atoms with van der Waals surface area (Å²) in [5.74, 6) is 0.684. The van der Waals surface area contributed by atoms with E-state index in [1.54, 1.807) is 13.8 Å². The van der Waals surface area contributed by atoms with E-state index in [0.29, 0.717) is 18.8 Å². The second-order valence-corrected chi connectivity index (χ2v) is 4.18. The zero-order chi connectivity index (χ0) is 11.3. The minimum Gasteiger partial charge on any atom is -0.493 e. The van der Waals surface area contributed by atoms with E-state index in [-0.39, 0.29) is 6.61 Å². The molecule has 1 rings (SSSR count). The van der Waals surface area contributed by atoms with Crippen molar-refractivity contribution in [2.45, 2.75) is 32.5 Å². The summed E-state index contributed by atoms with van der Waals surface area (Å²) in [7, 11) is 0. The molecule has 3 heteroatoms. The normalized spacial score (nSPS) is 11.5. The Labute approximate surface area is 90.3 Å². The average Bonchev–Trinajstić information content (AvgIpc) is 2.16. The van der Waals surface area contributed by atoms with E-state index in [2.05, 4.69) is 0 Å². The minimum absolute atomic E-state index is 0.0291. The Morgan fingerprint density at radius 2 is 1.93 bits per heavy atom. The molecule has 0 aliphatic rings. The Kier molecular flexibility index (Phi) is 4.12. The number of para-hydroxylation sites is 1. The summed E-state index contributed by atoms with van der Waals surface area (Å²) in [6.07, 6.45) is 0.562. The van der Waals surface area contributed by atoms with Crippen molar-refractivity contribution >= 4 is 0 Å². The van der Waals surface area contributed by atoms with Gasteiger partial charge < -0.3 is 14.9 Å². The van der Waals surface area contributed by atoms with E-state index < -0.39 is 5.60 Å². The van der Waals surface area contributed by atoms with Gasteiger partial charge in [-0.2, -0.15) is 0 Å². The van der Waals surface area contributed by atoms with Crippen LogP contribution >= 0.6 is 0 Å². The molecular weight excluding hydrogens is 192 g/mol. The van der Waals surface area contributed by atoms with Crippen LogP contribution in [0.25, 0.3) is 0 Å². The van der Waals surface area contributed by atoms with Crippen molar-refractivity contribution in [2.75, 3.05) is 6.61 Å². The Hall–Kier alpha value is -1.06. The lowest BCUT2D eigenvalue weighted by molar-refractivity contribution is 0.0550. The summed E-state index contributed by atoms with van der Waals surface area (Å²) in [6, 6.07) is 7.35. The molecule has 0 fully saturated rings. The topological polar surface area (TPSA) is 49.7 Å². The first-order chi connectivity index (χ1) is 7.03. The van der Waals surface area contributed by atoms with Gasteiger partial charge in [0.1, 0.15) is 5.75 Å². The lowest BCUT2D eigenvalue weighted by atomic mass is 10.1. The predicted octanol–water partition coefficient (Wildman–Crippen LogP) is 1.72. The summed E-state index contributed by atoms with van der Waals surface area (Å²) in [5, 5.41) is 18.5. The van der Waals surface area contributed by atoms with Crippen LogP contribution in [-0.2, 0) is 6.61 Å². The quantitative estimate of drug-likeness (QED) is 0.778. The van der Waals surface area contributed by atoms with Crippen LogP contribution < -0.4 is 4.74 Å². The van der Waals surface area contributed by atoms with Crippen LogP contribution in [0.1, 0.15) is 25.8 Å². The van der Waals surface area contributed by atoms with Gasteiger partial charge >= 0.3 is 0 Å². The molecule has 0 atom stereocenters. The van der Waals surface area contributed by atoms with Gasteiger partial charge in [-0.25, -0.2) is 0 Å². The summed E-state index contributed by atoms with van der Waals surface area (Å²) < 4.78 is 5.48. The molecule has 0 radical (unpaired) electrons. The van der Waals surface area contributed by atoms with E-state index in [1.165, 1.54) is 0 Å². The van der Waals surface area contributed by atoms with Crippen molar-refractivity contribution < 1.29 is 14.9 Å². The molecule has 1 aromatic carbocycles. The third-order valence-corrected chi connectivity index (χ3v) is 2.11. The van der Waals surface area contributed by atoms with E-state index >= 15 is 0 Å². The molecule has 84 valence electrons. The number of ether oxygens (including phenoxy) is 1. The lowest BCUT2D eigenvalue weighted by Gasteiger charge is -2.17. The van der Waals surface area contributed by atoms with Crippen molar-refractivity contribution in [1.82, 2.24) is 0 Å². The van der Waals surface area contributed by atoms with Gasteiger partial charge in [0.05, 0.1) is 18.8 Å². The number of benzene rings is 1. The molecule has 0 spiro atoms. The van der Waals surface area contributed by atoms with Gasteiger partial charge in [-0.1, -0.05) is 18.2 Å². The third-order valence-electron chi connectivity index (χ3n) is 2.11. The van der Waals surface area contributed by atoms with Gasteiger partial charge in [0.2, 0.25) is 0 Å². The molecule has 0 saturated heterocycles. The molecule has 0 aliphatic carbocycles. The summed E-state index contributed by atoms with van der Waals surface area (Å²) in [6.45, 7) is 3.90. The highest BCUT2D eigenvalue weighted by atomic mass is 16.5. The van der Waals surface area contributed by atoms with Crippen LogP contribution in [-0.4, -0.2) is 22.4 Å². The standard InChI is InChI=1S/C12H18O3/c1-12(2,14)7-8-15-11-6-4-3-5-10(11)9-13/h3-6,13-14H,7-9H2,1-2H3. The first-order valence-electron chi connectivity index (χ1n) is 5.07. The molecule has 0 aliphatic heterocycles. The molecule has 0 aromatic heterocycles. The highest BCUT2D eigenvalue weighted by Gasteiger charge is 2.12. The van der Waals surface area contributed by atoms with Crippen molar-refractivity contribution in [3.05, 3.63) is 29.8 Å². The van der Waals surface area contributed by atoms with E-state index in [1.807, 2.05) is 24.3 Å². The highest BCUT2D eigenvalue weighted by Crippen LogP contribution is 2.18. The number of hydrogen-bond donors (Lipinski definition) is 2. The molecule has 3 nitrogen and oxygen atoms in total. The maximum Gasteiger partial charge on any atom is 0.124 e. The minimum atomic E-state index is -0.714. The molecule has 0 saturated carbocycles. The molecule has 0 heterocycles. The number of hydrogen-bond acceptors (Lipinski definition) is 3. The van der Waals surface area contributed by atoms with Gasteiger partial charge in [-0.05, 0) is 19.9 Å². The van der Waals surface area contributed by atoms with Crippen molar-refractivity contribution in [3.63, 3.8) is 0 Å². The van der Waals surface area contributed by atoms with Crippen LogP contribution in [0.4, 0.5) is 0 Å². The van der Waals surface area contributed by atoms with Crippen LogP contribution in [0.15, 0.2) is 24.3 Å².